The van der Waals surface area contributed by atoms with Crippen LogP contribution < -0.4 is 10.1 Å². The number of halogens is 2. The summed E-state index contributed by atoms with van der Waals surface area (Å²) in [7, 11) is 0. The molecule has 132 valence electrons. The largest absolute Gasteiger partial charge is 0.438 e. The Labute approximate surface area is 148 Å². The van der Waals surface area contributed by atoms with E-state index in [0.717, 1.165) is 5.56 Å². The van der Waals surface area contributed by atoms with Gasteiger partial charge in [-0.25, -0.2) is 13.8 Å². The standard InChI is InChI=1S/C19H15F2N3O2/c20-17(21)18-23-14-7-2-1-5-12(14)19(24-18)26-15-9-4-8-13-11(15)6-3-10-16(25)22-13/h1-2,4-5,7-9,17H,3,6,10H2,(H,22,25). The van der Waals surface area contributed by atoms with Crippen LogP contribution in [0, 0.1) is 0 Å². The van der Waals surface area contributed by atoms with Crippen LogP contribution in [-0.4, -0.2) is 15.9 Å². The fourth-order valence-electron chi connectivity index (χ4n) is 3.02. The van der Waals surface area contributed by atoms with Crippen LogP contribution in [0.15, 0.2) is 42.5 Å². The summed E-state index contributed by atoms with van der Waals surface area (Å²) in [4.78, 5) is 19.6. The molecule has 1 aliphatic heterocycles. The van der Waals surface area contributed by atoms with Gasteiger partial charge >= 0.3 is 0 Å². The van der Waals surface area contributed by atoms with E-state index in [1.807, 2.05) is 0 Å². The van der Waals surface area contributed by atoms with Crippen LogP contribution in [0.3, 0.4) is 0 Å². The average molecular weight is 355 g/mol. The van der Waals surface area contributed by atoms with E-state index in [9.17, 15) is 13.6 Å². The lowest BCUT2D eigenvalue weighted by molar-refractivity contribution is -0.116. The van der Waals surface area contributed by atoms with E-state index < -0.39 is 12.2 Å². The van der Waals surface area contributed by atoms with Crippen LogP contribution >= 0.6 is 0 Å². The number of amides is 1. The quantitative estimate of drug-likeness (QED) is 0.744. The number of nitrogens with zero attached hydrogens (tertiary/aromatic N) is 2. The molecule has 0 bridgehead atoms. The van der Waals surface area contributed by atoms with Crippen molar-refractivity contribution in [2.75, 3.05) is 5.32 Å². The monoisotopic (exact) mass is 355 g/mol. The van der Waals surface area contributed by atoms with Crippen LogP contribution in [0.1, 0.15) is 30.7 Å². The summed E-state index contributed by atoms with van der Waals surface area (Å²) in [6.45, 7) is 0. The molecule has 0 spiro atoms. The van der Waals surface area contributed by atoms with Crippen molar-refractivity contribution in [3.05, 3.63) is 53.9 Å². The molecule has 2 heterocycles. The smallest absolute Gasteiger partial charge is 0.297 e. The molecule has 0 aliphatic carbocycles. The Balaban J connectivity index is 1.81. The van der Waals surface area contributed by atoms with Gasteiger partial charge in [0.25, 0.3) is 6.43 Å². The van der Waals surface area contributed by atoms with Gasteiger partial charge in [0.2, 0.25) is 11.8 Å². The maximum Gasteiger partial charge on any atom is 0.297 e. The van der Waals surface area contributed by atoms with E-state index in [4.69, 9.17) is 4.74 Å². The lowest BCUT2D eigenvalue weighted by Crippen LogP contribution is -2.09. The highest BCUT2D eigenvalue weighted by Gasteiger charge is 2.20. The summed E-state index contributed by atoms with van der Waals surface area (Å²) in [5, 5.41) is 3.39. The maximum absolute atomic E-state index is 13.2. The van der Waals surface area contributed by atoms with Gasteiger partial charge in [-0.1, -0.05) is 18.2 Å². The molecule has 0 saturated carbocycles. The number of hydrogen-bond acceptors (Lipinski definition) is 4. The number of anilines is 1. The number of fused-ring (bicyclic) bond motifs is 2. The molecule has 26 heavy (non-hydrogen) atoms. The number of carbonyl (C=O) groups excluding carboxylic acids is 1. The zero-order chi connectivity index (χ0) is 18.1. The molecule has 7 heteroatoms. The van der Waals surface area contributed by atoms with Crippen molar-refractivity contribution in [1.82, 2.24) is 9.97 Å². The highest BCUT2D eigenvalue weighted by molar-refractivity contribution is 5.92. The van der Waals surface area contributed by atoms with Gasteiger partial charge in [-0.2, -0.15) is 4.98 Å². The molecule has 1 aromatic heterocycles. The van der Waals surface area contributed by atoms with Crippen molar-refractivity contribution >= 4 is 22.5 Å². The molecule has 0 atom stereocenters. The molecular weight excluding hydrogens is 340 g/mol. The Morgan fingerprint density at radius 2 is 1.88 bits per heavy atom. The minimum Gasteiger partial charge on any atom is -0.438 e. The second kappa shape index (κ2) is 6.67. The highest BCUT2D eigenvalue weighted by atomic mass is 19.3. The first-order chi connectivity index (χ1) is 12.6. The van der Waals surface area contributed by atoms with Gasteiger partial charge < -0.3 is 10.1 Å². The summed E-state index contributed by atoms with van der Waals surface area (Å²) < 4.78 is 32.2. The second-order valence-corrected chi connectivity index (χ2v) is 5.99. The first-order valence-electron chi connectivity index (χ1n) is 8.26. The molecule has 3 aromatic rings. The molecule has 0 saturated heterocycles. The first-order valence-corrected chi connectivity index (χ1v) is 8.26. The molecule has 0 fully saturated rings. The summed E-state index contributed by atoms with van der Waals surface area (Å²) in [6, 6.07) is 12.1. The molecule has 0 unspecified atom stereocenters. The van der Waals surface area contributed by atoms with Crippen molar-refractivity contribution in [3.63, 3.8) is 0 Å². The molecule has 5 nitrogen and oxygen atoms in total. The third kappa shape index (κ3) is 3.08. The van der Waals surface area contributed by atoms with E-state index >= 15 is 0 Å². The number of para-hydroxylation sites is 1. The number of aromatic nitrogens is 2. The Morgan fingerprint density at radius 1 is 1.04 bits per heavy atom. The molecule has 4 rings (SSSR count). The van der Waals surface area contributed by atoms with Gasteiger partial charge in [-0.3, -0.25) is 4.79 Å². The van der Waals surface area contributed by atoms with Crippen LogP contribution in [0.25, 0.3) is 10.9 Å². The van der Waals surface area contributed by atoms with E-state index in [2.05, 4.69) is 15.3 Å². The summed E-state index contributed by atoms with van der Waals surface area (Å²) in [6.07, 6.45) is -1.03. The molecule has 2 aromatic carbocycles. The number of nitrogens with one attached hydrogen (secondary N) is 1. The van der Waals surface area contributed by atoms with Crippen molar-refractivity contribution in [3.8, 4) is 11.6 Å². The summed E-state index contributed by atoms with van der Waals surface area (Å²) in [5.74, 6) is -0.0500. The second-order valence-electron chi connectivity index (χ2n) is 5.99. The van der Waals surface area contributed by atoms with Crippen LogP contribution in [0.5, 0.6) is 11.6 Å². The van der Waals surface area contributed by atoms with Crippen LogP contribution in [0.2, 0.25) is 0 Å². The highest BCUT2D eigenvalue weighted by Crippen LogP contribution is 2.35. The Bertz CT molecular complexity index is 992. The predicted octanol–water partition coefficient (Wildman–Crippen LogP) is 4.63. The van der Waals surface area contributed by atoms with Gasteiger partial charge in [-0.15, -0.1) is 0 Å². The van der Waals surface area contributed by atoms with Crippen molar-refractivity contribution in [2.24, 2.45) is 0 Å². The van der Waals surface area contributed by atoms with Gasteiger partial charge in [0.15, 0.2) is 5.82 Å². The van der Waals surface area contributed by atoms with Crippen molar-refractivity contribution < 1.29 is 18.3 Å². The molecule has 0 radical (unpaired) electrons. The van der Waals surface area contributed by atoms with Crippen LogP contribution in [-0.2, 0) is 11.2 Å². The average Bonchev–Trinajstić information content (AvgIpc) is 2.83. The third-order valence-electron chi connectivity index (χ3n) is 4.23. The number of hydrogen-bond donors (Lipinski definition) is 1. The molecule has 1 aliphatic rings. The topological polar surface area (TPSA) is 64.1 Å². The predicted molar refractivity (Wildman–Crippen MR) is 92.6 cm³/mol. The Hall–Kier alpha value is -3.09. The number of carbonyl (C=O) groups is 1. The first kappa shape index (κ1) is 16.4. The SMILES string of the molecule is O=C1CCCc2c(cccc2Oc2nc(C(F)F)nc3ccccc23)N1. The summed E-state index contributed by atoms with van der Waals surface area (Å²) in [5.41, 5.74) is 1.90. The number of ether oxygens (including phenoxy) is 1. The lowest BCUT2D eigenvalue weighted by Gasteiger charge is -2.14. The van der Waals surface area contributed by atoms with Crippen LogP contribution in [0.4, 0.5) is 14.5 Å². The minimum atomic E-state index is -2.80. The van der Waals surface area contributed by atoms with E-state index in [1.54, 1.807) is 42.5 Å². The Morgan fingerprint density at radius 3 is 2.73 bits per heavy atom. The Kier molecular flexibility index (Phi) is 4.20. The van der Waals surface area contributed by atoms with Gasteiger partial charge in [0.1, 0.15) is 5.75 Å². The number of benzene rings is 2. The number of alkyl halides is 2. The molecule has 1 N–H and O–H groups in total. The van der Waals surface area contributed by atoms with E-state index in [-0.39, 0.29) is 11.8 Å². The number of rotatable bonds is 3. The van der Waals surface area contributed by atoms with Crippen molar-refractivity contribution in [1.29, 1.82) is 0 Å². The zero-order valence-electron chi connectivity index (χ0n) is 13.7. The van der Waals surface area contributed by atoms with Gasteiger partial charge in [0, 0.05) is 17.7 Å². The molecular formula is C19H15F2N3O2. The zero-order valence-corrected chi connectivity index (χ0v) is 13.7. The van der Waals surface area contributed by atoms with Gasteiger partial charge in [-0.05, 0) is 37.1 Å². The van der Waals surface area contributed by atoms with E-state index in [1.165, 1.54) is 0 Å². The fraction of sp³-hybridized carbons (Fsp3) is 0.211. The summed E-state index contributed by atoms with van der Waals surface area (Å²) >= 11 is 0. The maximum atomic E-state index is 13.2. The van der Waals surface area contributed by atoms with E-state index in [0.29, 0.717) is 41.6 Å². The normalized spacial score (nSPS) is 14.0. The molecule has 1 amide bonds. The lowest BCUT2D eigenvalue weighted by atomic mass is 10.1. The fourth-order valence-corrected chi connectivity index (χ4v) is 3.02. The van der Waals surface area contributed by atoms with Gasteiger partial charge in [0.05, 0.1) is 10.9 Å². The minimum absolute atomic E-state index is 0.0478. The van der Waals surface area contributed by atoms with Crippen molar-refractivity contribution in [2.45, 2.75) is 25.7 Å². The third-order valence-corrected chi connectivity index (χ3v) is 4.23.